The second-order valence-corrected chi connectivity index (χ2v) is 6.14. The Bertz CT molecular complexity index is 884. The number of hydrogen-bond donors (Lipinski definition) is 5. The van der Waals surface area contributed by atoms with E-state index in [1.807, 2.05) is 0 Å². The summed E-state index contributed by atoms with van der Waals surface area (Å²) in [6.07, 6.45) is 1.84. The summed E-state index contributed by atoms with van der Waals surface area (Å²) in [5.74, 6) is 8.12. The molecule has 0 unspecified atom stereocenters. The van der Waals surface area contributed by atoms with Gasteiger partial charge in [-0.05, 0) is 38.1 Å². The highest BCUT2D eigenvalue weighted by molar-refractivity contribution is 5.99. The Kier molecular flexibility index (Phi) is 10.6. The molecular weight excluding hydrogens is 422 g/mol. The van der Waals surface area contributed by atoms with E-state index in [1.165, 1.54) is 50.5 Å². The molecule has 2 heterocycles. The molecule has 170 valence electrons. The van der Waals surface area contributed by atoms with Crippen LogP contribution in [0.2, 0.25) is 0 Å². The van der Waals surface area contributed by atoms with Crippen molar-refractivity contribution in [1.29, 1.82) is 5.41 Å². The maximum Gasteiger partial charge on any atom is 0.347 e. The molecule has 0 atom stereocenters. The number of nitrogen functional groups attached to an aromatic ring is 2. The van der Waals surface area contributed by atoms with Crippen LogP contribution in [0.1, 0.15) is 47.4 Å². The highest BCUT2D eigenvalue weighted by Gasteiger charge is 2.16. The number of ketones is 1. The molecule has 0 bridgehead atoms. The van der Waals surface area contributed by atoms with Crippen LogP contribution in [0.5, 0.6) is 0 Å². The monoisotopic (exact) mass is 445 g/mol. The SMILES string of the molecule is CC(C)=O.N=C(CCC(=O)OC(=O)c1ccc(NN)nc1)OC(=O)c1ccc(NN)nc1. The quantitative estimate of drug-likeness (QED) is 0.101. The summed E-state index contributed by atoms with van der Waals surface area (Å²) in [6.45, 7) is 3.06. The number of carbonyl (C=O) groups excluding carboxylic acids is 4. The van der Waals surface area contributed by atoms with E-state index in [1.54, 1.807) is 0 Å². The molecule has 0 fully saturated rings. The molecule has 13 nitrogen and oxygen atoms in total. The van der Waals surface area contributed by atoms with Crippen molar-refractivity contribution < 1.29 is 28.7 Å². The van der Waals surface area contributed by atoms with Crippen molar-refractivity contribution >= 4 is 41.2 Å². The minimum atomic E-state index is -0.899. The van der Waals surface area contributed by atoms with E-state index < -0.39 is 23.8 Å². The number of carbonyl (C=O) groups is 4. The van der Waals surface area contributed by atoms with Crippen LogP contribution in [0.25, 0.3) is 0 Å². The van der Waals surface area contributed by atoms with Crippen LogP contribution in [-0.4, -0.2) is 39.6 Å². The smallest absolute Gasteiger partial charge is 0.347 e. The molecule has 7 N–H and O–H groups in total. The summed E-state index contributed by atoms with van der Waals surface area (Å²) >= 11 is 0. The van der Waals surface area contributed by atoms with Crippen molar-refractivity contribution in [3.63, 3.8) is 0 Å². The van der Waals surface area contributed by atoms with Gasteiger partial charge in [-0.25, -0.2) is 31.2 Å². The average molecular weight is 445 g/mol. The molecule has 13 heteroatoms. The summed E-state index contributed by atoms with van der Waals surface area (Å²) in [7, 11) is 0. The maximum atomic E-state index is 11.9. The third-order valence-corrected chi connectivity index (χ3v) is 3.27. The molecule has 2 aromatic rings. The van der Waals surface area contributed by atoms with Crippen LogP contribution in [0.4, 0.5) is 11.6 Å². The molecule has 2 aromatic heterocycles. The lowest BCUT2D eigenvalue weighted by Crippen LogP contribution is -2.17. The largest absolute Gasteiger partial charge is 0.409 e. The fourth-order valence-corrected chi connectivity index (χ4v) is 1.85. The second-order valence-electron chi connectivity index (χ2n) is 6.14. The molecule has 0 aliphatic heterocycles. The van der Waals surface area contributed by atoms with Gasteiger partial charge in [-0.3, -0.25) is 10.2 Å². The number of aromatic nitrogens is 2. The number of ether oxygens (including phenoxy) is 2. The summed E-state index contributed by atoms with van der Waals surface area (Å²) in [5.41, 5.74) is 4.75. The van der Waals surface area contributed by atoms with E-state index in [-0.39, 0.29) is 29.8 Å². The summed E-state index contributed by atoms with van der Waals surface area (Å²) in [5, 5.41) is 7.61. The minimum Gasteiger partial charge on any atom is -0.409 e. The molecule has 0 saturated heterocycles. The van der Waals surface area contributed by atoms with E-state index in [0.29, 0.717) is 11.6 Å². The number of rotatable bonds is 7. The van der Waals surface area contributed by atoms with Crippen molar-refractivity contribution in [2.45, 2.75) is 26.7 Å². The molecule has 0 aliphatic rings. The molecule has 0 radical (unpaired) electrons. The first-order valence-electron chi connectivity index (χ1n) is 9.03. The summed E-state index contributed by atoms with van der Waals surface area (Å²) in [4.78, 5) is 52.5. The van der Waals surface area contributed by atoms with E-state index in [4.69, 9.17) is 21.8 Å². The average Bonchev–Trinajstić information content (AvgIpc) is 2.77. The third-order valence-electron chi connectivity index (χ3n) is 3.27. The highest BCUT2D eigenvalue weighted by atomic mass is 16.6. The van der Waals surface area contributed by atoms with Crippen LogP contribution >= 0.6 is 0 Å². The molecule has 2 rings (SSSR count). The Balaban J connectivity index is 0.00000118. The summed E-state index contributed by atoms with van der Waals surface area (Å²) < 4.78 is 9.45. The fraction of sp³-hybridized carbons (Fsp3) is 0.211. The lowest BCUT2D eigenvalue weighted by atomic mass is 10.2. The third kappa shape index (κ3) is 9.51. The van der Waals surface area contributed by atoms with Gasteiger partial charge in [-0.15, -0.1) is 0 Å². The van der Waals surface area contributed by atoms with Crippen LogP contribution in [0.15, 0.2) is 36.7 Å². The number of pyridine rings is 2. The topological polar surface area (TPSA) is 212 Å². The Labute approximate surface area is 182 Å². The predicted molar refractivity (Wildman–Crippen MR) is 113 cm³/mol. The van der Waals surface area contributed by atoms with E-state index >= 15 is 0 Å². The van der Waals surface area contributed by atoms with Gasteiger partial charge in [0, 0.05) is 18.8 Å². The minimum absolute atomic E-state index is 0.0526. The molecular formula is C19H23N7O6. The lowest BCUT2D eigenvalue weighted by molar-refractivity contribution is -0.137. The Morgan fingerprint density at radius 1 is 0.844 bits per heavy atom. The molecule has 0 spiro atoms. The van der Waals surface area contributed by atoms with E-state index in [9.17, 15) is 19.2 Å². The molecule has 32 heavy (non-hydrogen) atoms. The number of nitrogens with one attached hydrogen (secondary N) is 3. The number of nitrogens with two attached hydrogens (primary N) is 2. The first-order chi connectivity index (χ1) is 15.2. The Hall–Kier alpha value is -4.23. The maximum absolute atomic E-state index is 11.9. The Morgan fingerprint density at radius 2 is 1.28 bits per heavy atom. The zero-order valence-electron chi connectivity index (χ0n) is 17.4. The van der Waals surface area contributed by atoms with Crippen LogP contribution in [-0.2, 0) is 19.1 Å². The molecule has 0 aliphatic carbocycles. The lowest BCUT2D eigenvalue weighted by Gasteiger charge is -2.06. The highest BCUT2D eigenvalue weighted by Crippen LogP contribution is 2.08. The zero-order chi connectivity index (χ0) is 24.1. The van der Waals surface area contributed by atoms with Gasteiger partial charge in [-0.1, -0.05) is 0 Å². The number of Topliss-reactive ketones (excluding diaryl/α,β-unsaturated/α-hetero) is 1. The second kappa shape index (κ2) is 13.1. The number of anilines is 2. The first-order valence-corrected chi connectivity index (χ1v) is 9.03. The van der Waals surface area contributed by atoms with Crippen molar-refractivity contribution in [2.75, 3.05) is 10.9 Å². The van der Waals surface area contributed by atoms with Crippen molar-refractivity contribution in [3.8, 4) is 0 Å². The molecule has 0 aromatic carbocycles. The zero-order valence-corrected chi connectivity index (χ0v) is 17.4. The van der Waals surface area contributed by atoms with Crippen LogP contribution in [0.3, 0.4) is 0 Å². The van der Waals surface area contributed by atoms with Crippen LogP contribution < -0.4 is 22.5 Å². The number of nitrogens with zero attached hydrogens (tertiary/aromatic N) is 2. The van der Waals surface area contributed by atoms with Gasteiger partial charge in [-0.2, -0.15) is 0 Å². The fourth-order valence-electron chi connectivity index (χ4n) is 1.85. The normalized spacial score (nSPS) is 9.50. The number of esters is 3. The molecule has 0 amide bonds. The van der Waals surface area contributed by atoms with Gasteiger partial charge in [0.05, 0.1) is 17.5 Å². The molecule has 0 saturated carbocycles. The standard InChI is InChI=1S/C16H17N7O5.C3H6O/c17-11(27-15(25)9-1-4-12(22-18)20-7-9)3-6-14(24)28-16(26)10-2-5-13(23-19)21-8-10;1-3(2)4/h1-2,4-5,7-8,17H,3,6,18-19H2,(H,20,22)(H,21,23);1-2H3. The van der Waals surface area contributed by atoms with Gasteiger partial charge < -0.3 is 25.1 Å². The number of hydrazine groups is 2. The van der Waals surface area contributed by atoms with Gasteiger partial charge in [0.2, 0.25) is 0 Å². The predicted octanol–water partition coefficient (Wildman–Crippen LogP) is 0.941. The first kappa shape index (κ1) is 25.8. The van der Waals surface area contributed by atoms with Crippen LogP contribution in [0, 0.1) is 5.41 Å². The van der Waals surface area contributed by atoms with Crippen molar-refractivity contribution in [3.05, 3.63) is 47.8 Å². The van der Waals surface area contributed by atoms with Gasteiger partial charge >= 0.3 is 17.9 Å². The van der Waals surface area contributed by atoms with Gasteiger partial charge in [0.15, 0.2) is 5.90 Å². The van der Waals surface area contributed by atoms with E-state index in [0.717, 1.165) is 0 Å². The Morgan fingerprint density at radius 3 is 1.66 bits per heavy atom. The van der Waals surface area contributed by atoms with Gasteiger partial charge in [0.1, 0.15) is 17.4 Å². The van der Waals surface area contributed by atoms with Gasteiger partial charge in [0.25, 0.3) is 0 Å². The number of hydrogen-bond acceptors (Lipinski definition) is 13. The summed E-state index contributed by atoms with van der Waals surface area (Å²) in [6, 6.07) is 5.67. The van der Waals surface area contributed by atoms with E-state index in [2.05, 4.69) is 25.6 Å². The van der Waals surface area contributed by atoms with Crippen molar-refractivity contribution in [1.82, 2.24) is 9.97 Å². The van der Waals surface area contributed by atoms with Crippen molar-refractivity contribution in [2.24, 2.45) is 11.7 Å².